The van der Waals surface area contributed by atoms with Crippen LogP contribution in [0.2, 0.25) is 0 Å². The van der Waals surface area contributed by atoms with Gasteiger partial charge in [-0.25, -0.2) is 0 Å². The second-order valence-electron chi connectivity index (χ2n) is 6.95. The maximum atomic E-state index is 9.41. The Bertz CT molecular complexity index is 629. The highest BCUT2D eigenvalue weighted by Gasteiger charge is 2.34. The number of hydrogen-bond donors (Lipinski definition) is 3. The van der Waals surface area contributed by atoms with Crippen molar-refractivity contribution in [1.82, 2.24) is 10.6 Å². The van der Waals surface area contributed by atoms with Crippen LogP contribution in [0.3, 0.4) is 0 Å². The first-order chi connectivity index (χ1) is 13.3. The van der Waals surface area contributed by atoms with Crippen molar-refractivity contribution < 1.29 is 14.3 Å². The van der Waals surface area contributed by atoms with E-state index < -0.39 is 0 Å². The zero-order valence-electron chi connectivity index (χ0n) is 16.1. The highest BCUT2D eigenvalue weighted by molar-refractivity contribution is 14.0. The first-order valence-electron chi connectivity index (χ1n) is 9.55. The van der Waals surface area contributed by atoms with Crippen LogP contribution >= 0.6 is 35.3 Å². The molecule has 1 aliphatic heterocycles. The fourth-order valence-electron chi connectivity index (χ4n) is 3.23. The number of halogens is 1. The lowest BCUT2D eigenvalue weighted by atomic mass is 9.84. The fourth-order valence-corrected chi connectivity index (χ4v) is 3.94. The van der Waals surface area contributed by atoms with Crippen LogP contribution in [0, 0.1) is 5.41 Å². The van der Waals surface area contributed by atoms with Crippen molar-refractivity contribution in [1.29, 1.82) is 0 Å². The van der Waals surface area contributed by atoms with Gasteiger partial charge >= 0.3 is 0 Å². The third kappa shape index (κ3) is 7.38. The van der Waals surface area contributed by atoms with E-state index in [1.54, 1.807) is 17.6 Å². The molecule has 28 heavy (non-hydrogen) atoms. The van der Waals surface area contributed by atoms with Gasteiger partial charge in [0.15, 0.2) is 5.96 Å². The molecule has 0 saturated carbocycles. The second kappa shape index (κ2) is 12.5. The molecule has 0 bridgehead atoms. The minimum absolute atomic E-state index is 0. The van der Waals surface area contributed by atoms with E-state index in [2.05, 4.69) is 28.1 Å². The third-order valence-electron chi connectivity index (χ3n) is 4.89. The van der Waals surface area contributed by atoms with E-state index >= 15 is 0 Å². The molecule has 1 aliphatic rings. The maximum Gasteiger partial charge on any atom is 0.191 e. The smallest absolute Gasteiger partial charge is 0.191 e. The molecule has 3 heterocycles. The van der Waals surface area contributed by atoms with Crippen LogP contribution in [0.15, 0.2) is 45.3 Å². The number of thiophene rings is 1. The average molecular weight is 519 g/mol. The monoisotopic (exact) mass is 519 g/mol. The summed E-state index contributed by atoms with van der Waals surface area (Å²) >= 11 is 1.77. The summed E-state index contributed by atoms with van der Waals surface area (Å²) in [6.07, 6.45) is 5.16. The van der Waals surface area contributed by atoms with Gasteiger partial charge < -0.3 is 24.9 Å². The van der Waals surface area contributed by atoms with E-state index in [9.17, 15) is 5.11 Å². The molecule has 3 rings (SSSR count). The standard InChI is InChI=1S/C20H29N3O3S.HI/c24-11-7-20(8-13-25-16-20)15-23-19(21-9-5-17-3-1-12-26-17)22-10-6-18-4-2-14-27-18;/h1-4,12,14,24H,5-11,13,15-16H2,(H2,21,22,23);1H. The molecule has 1 unspecified atom stereocenters. The third-order valence-corrected chi connectivity index (χ3v) is 5.82. The van der Waals surface area contributed by atoms with Gasteiger partial charge in [-0.1, -0.05) is 6.07 Å². The summed E-state index contributed by atoms with van der Waals surface area (Å²) in [4.78, 5) is 6.17. The maximum absolute atomic E-state index is 9.41. The van der Waals surface area contributed by atoms with Gasteiger partial charge in [0.05, 0.1) is 19.4 Å². The van der Waals surface area contributed by atoms with Gasteiger partial charge in [-0.15, -0.1) is 35.3 Å². The minimum atomic E-state index is -0.0435. The summed E-state index contributed by atoms with van der Waals surface area (Å²) in [5.74, 6) is 1.77. The van der Waals surface area contributed by atoms with Crippen molar-refractivity contribution in [2.45, 2.75) is 25.7 Å². The van der Waals surface area contributed by atoms with E-state index in [-0.39, 0.29) is 36.0 Å². The summed E-state index contributed by atoms with van der Waals surface area (Å²) in [6.45, 7) is 3.83. The topological polar surface area (TPSA) is 79.0 Å². The molecule has 0 aromatic carbocycles. The average Bonchev–Trinajstić information content (AvgIpc) is 3.43. The Morgan fingerprint density at radius 2 is 2.07 bits per heavy atom. The fraction of sp³-hybridized carbons (Fsp3) is 0.550. The quantitative estimate of drug-likeness (QED) is 0.256. The number of nitrogens with one attached hydrogen (secondary N) is 2. The van der Waals surface area contributed by atoms with Crippen LogP contribution in [0.25, 0.3) is 0 Å². The van der Waals surface area contributed by atoms with E-state index in [4.69, 9.17) is 14.1 Å². The number of aliphatic hydroxyl groups excluding tert-OH is 1. The summed E-state index contributed by atoms with van der Waals surface area (Å²) < 4.78 is 11.0. The van der Waals surface area contributed by atoms with Crippen LogP contribution in [-0.2, 0) is 17.6 Å². The lowest BCUT2D eigenvalue weighted by Crippen LogP contribution is -2.40. The highest BCUT2D eigenvalue weighted by Crippen LogP contribution is 2.32. The normalized spacial score (nSPS) is 19.4. The zero-order chi connectivity index (χ0) is 18.8. The Hall–Kier alpha value is -1.10. The number of furan rings is 1. The van der Waals surface area contributed by atoms with Gasteiger partial charge in [-0.05, 0) is 42.8 Å². The Balaban J connectivity index is 0.00000280. The van der Waals surface area contributed by atoms with Gasteiger partial charge in [0, 0.05) is 43.0 Å². The predicted molar refractivity (Wildman–Crippen MR) is 124 cm³/mol. The van der Waals surface area contributed by atoms with Gasteiger partial charge in [0.2, 0.25) is 0 Å². The first-order valence-corrected chi connectivity index (χ1v) is 10.4. The van der Waals surface area contributed by atoms with E-state index in [1.807, 2.05) is 12.1 Å². The summed E-state index contributed by atoms with van der Waals surface area (Å²) in [5.41, 5.74) is -0.0435. The van der Waals surface area contributed by atoms with Crippen LogP contribution in [0.5, 0.6) is 0 Å². The molecule has 1 saturated heterocycles. The molecule has 156 valence electrons. The number of aliphatic hydroxyl groups is 1. The number of hydrogen-bond acceptors (Lipinski definition) is 5. The van der Waals surface area contributed by atoms with Gasteiger partial charge in [0.25, 0.3) is 0 Å². The van der Waals surface area contributed by atoms with Crippen LogP contribution in [-0.4, -0.2) is 50.5 Å². The Morgan fingerprint density at radius 1 is 1.21 bits per heavy atom. The lowest BCUT2D eigenvalue weighted by molar-refractivity contribution is 0.131. The number of rotatable bonds is 10. The van der Waals surface area contributed by atoms with Crippen molar-refractivity contribution in [2.24, 2.45) is 10.4 Å². The summed E-state index contributed by atoms with van der Waals surface area (Å²) in [5, 5.41) is 18.3. The van der Waals surface area contributed by atoms with E-state index in [0.717, 1.165) is 57.1 Å². The lowest BCUT2D eigenvalue weighted by Gasteiger charge is -2.25. The van der Waals surface area contributed by atoms with Crippen molar-refractivity contribution in [2.75, 3.05) is 39.5 Å². The molecular formula is C20H30IN3O3S. The van der Waals surface area contributed by atoms with Crippen molar-refractivity contribution in [3.05, 3.63) is 46.5 Å². The molecule has 0 radical (unpaired) electrons. The van der Waals surface area contributed by atoms with Crippen molar-refractivity contribution in [3.8, 4) is 0 Å². The molecule has 1 fully saturated rings. The molecule has 1 atom stereocenters. The highest BCUT2D eigenvalue weighted by atomic mass is 127. The molecule has 8 heteroatoms. The number of ether oxygens (including phenoxy) is 1. The zero-order valence-corrected chi connectivity index (χ0v) is 19.2. The number of guanidine groups is 1. The largest absolute Gasteiger partial charge is 0.469 e. The molecular weight excluding hydrogens is 489 g/mol. The number of nitrogens with zero attached hydrogens (tertiary/aromatic N) is 1. The van der Waals surface area contributed by atoms with Crippen LogP contribution < -0.4 is 10.6 Å². The van der Waals surface area contributed by atoms with Crippen molar-refractivity contribution >= 4 is 41.3 Å². The first kappa shape index (κ1) is 23.2. The van der Waals surface area contributed by atoms with Crippen LogP contribution in [0.1, 0.15) is 23.5 Å². The molecule has 0 spiro atoms. The second-order valence-corrected chi connectivity index (χ2v) is 7.99. The Kier molecular flexibility index (Phi) is 10.3. The molecule has 3 N–H and O–H groups in total. The molecule has 6 nitrogen and oxygen atoms in total. The minimum Gasteiger partial charge on any atom is -0.469 e. The number of aliphatic imine (C=N–C) groups is 1. The summed E-state index contributed by atoms with van der Waals surface area (Å²) in [6, 6.07) is 8.12. The van der Waals surface area contributed by atoms with Gasteiger partial charge in [-0.3, -0.25) is 4.99 Å². The Labute approximate surface area is 187 Å². The molecule has 0 aliphatic carbocycles. The van der Waals surface area contributed by atoms with Gasteiger partial charge in [-0.2, -0.15) is 0 Å². The van der Waals surface area contributed by atoms with E-state index in [0.29, 0.717) is 13.2 Å². The molecule has 0 amide bonds. The van der Waals surface area contributed by atoms with E-state index in [1.165, 1.54) is 4.88 Å². The van der Waals surface area contributed by atoms with Crippen LogP contribution in [0.4, 0.5) is 0 Å². The van der Waals surface area contributed by atoms with Crippen molar-refractivity contribution in [3.63, 3.8) is 0 Å². The molecule has 2 aromatic rings. The summed E-state index contributed by atoms with van der Waals surface area (Å²) in [7, 11) is 0. The van der Waals surface area contributed by atoms with Gasteiger partial charge in [0.1, 0.15) is 5.76 Å². The molecule has 2 aromatic heterocycles. The predicted octanol–water partition coefficient (Wildman–Crippen LogP) is 3.07. The Morgan fingerprint density at radius 3 is 2.71 bits per heavy atom. The SMILES string of the molecule is I.OCCC1(CN=C(NCCc2ccco2)NCCc2cccs2)CCOC1.